The van der Waals surface area contributed by atoms with Crippen molar-refractivity contribution in [3.63, 3.8) is 0 Å². The molecule has 248 valence electrons. The Morgan fingerprint density at radius 2 is 1.98 bits per heavy atom. The quantitative estimate of drug-likeness (QED) is 0.201. The van der Waals surface area contributed by atoms with Gasteiger partial charge in [0, 0.05) is 35.6 Å². The van der Waals surface area contributed by atoms with Crippen LogP contribution in [0.15, 0.2) is 54.9 Å². The van der Waals surface area contributed by atoms with Crippen molar-refractivity contribution in [2.24, 2.45) is 0 Å². The molecule has 2 unspecified atom stereocenters. The van der Waals surface area contributed by atoms with Gasteiger partial charge in [-0.3, -0.25) is 9.69 Å². The van der Waals surface area contributed by atoms with Crippen LogP contribution in [0.3, 0.4) is 0 Å². The zero-order valence-corrected chi connectivity index (χ0v) is 28.0. The van der Waals surface area contributed by atoms with Crippen LogP contribution in [0.2, 0.25) is 5.02 Å². The van der Waals surface area contributed by atoms with E-state index in [-0.39, 0.29) is 31.1 Å². The van der Waals surface area contributed by atoms with Gasteiger partial charge in [0.1, 0.15) is 18.2 Å². The van der Waals surface area contributed by atoms with Crippen molar-refractivity contribution >= 4 is 45.0 Å². The van der Waals surface area contributed by atoms with Crippen molar-refractivity contribution in [1.29, 1.82) is 5.26 Å². The minimum Gasteiger partial charge on any atom is -0.492 e. The molecule has 2 saturated heterocycles. The number of anilines is 1. The summed E-state index contributed by atoms with van der Waals surface area (Å²) >= 11 is 6.82. The van der Waals surface area contributed by atoms with Crippen molar-refractivity contribution in [3.8, 4) is 29.0 Å². The van der Waals surface area contributed by atoms with Gasteiger partial charge in [-0.05, 0) is 74.8 Å². The van der Waals surface area contributed by atoms with E-state index in [0.29, 0.717) is 41.9 Å². The number of aromatic nitrogens is 2. The molecule has 1 aromatic heterocycles. The van der Waals surface area contributed by atoms with Crippen molar-refractivity contribution in [2.45, 2.75) is 50.6 Å². The monoisotopic (exact) mass is 668 g/mol. The number of rotatable bonds is 7. The molecule has 4 aromatic rings. The minimum absolute atomic E-state index is 0.0349. The highest BCUT2D eigenvalue weighted by atomic mass is 35.5. The number of benzene rings is 3. The number of likely N-dealkylation sites (tertiary alicyclic amines) is 1. The van der Waals surface area contributed by atoms with E-state index in [2.05, 4.69) is 55.8 Å². The van der Waals surface area contributed by atoms with Crippen LogP contribution >= 0.6 is 11.6 Å². The first kappa shape index (κ1) is 32.1. The maximum atomic E-state index is 14.0. The molecule has 0 saturated carbocycles. The normalized spacial score (nSPS) is 21.2. The van der Waals surface area contributed by atoms with Crippen LogP contribution in [0.1, 0.15) is 38.2 Å². The summed E-state index contributed by atoms with van der Waals surface area (Å²) in [7, 11) is 2.11. The molecule has 0 spiro atoms. The van der Waals surface area contributed by atoms with E-state index in [9.17, 15) is 14.4 Å². The molecular formula is C37H38ClFN6O3. The summed E-state index contributed by atoms with van der Waals surface area (Å²) in [5, 5.41) is 13.1. The number of carbonyl (C=O) groups excluding carboxylic acids is 1. The molecular weight excluding hydrogens is 631 g/mol. The zero-order valence-electron chi connectivity index (χ0n) is 27.3. The van der Waals surface area contributed by atoms with Crippen LogP contribution in [0, 0.1) is 11.3 Å². The molecule has 4 heterocycles. The summed E-state index contributed by atoms with van der Waals surface area (Å²) in [5.41, 5.74) is 3.55. The number of nitrogens with zero attached hydrogens (tertiary/aromatic N) is 6. The van der Waals surface area contributed by atoms with Gasteiger partial charge in [-0.15, -0.1) is 0 Å². The molecule has 0 radical (unpaired) electrons. The van der Waals surface area contributed by atoms with Crippen LogP contribution in [-0.2, 0) is 11.2 Å². The summed E-state index contributed by atoms with van der Waals surface area (Å²) in [4.78, 5) is 28.4. The summed E-state index contributed by atoms with van der Waals surface area (Å²) < 4.78 is 26.9. The average Bonchev–Trinajstić information content (AvgIpc) is 3.43. The van der Waals surface area contributed by atoms with E-state index in [4.69, 9.17) is 31.0 Å². The SMILES string of the molecule is C=C(F)C(=O)N1CCN(c2nc(OCC3(C)CCCN3C)nc3cc(-c4cccc5cccc(Cl)c45)c4c(c23)OCCC4)CC1CC#N. The van der Waals surface area contributed by atoms with Crippen LogP contribution in [0.25, 0.3) is 32.8 Å². The molecule has 3 aromatic carbocycles. The highest BCUT2D eigenvalue weighted by Crippen LogP contribution is 2.46. The summed E-state index contributed by atoms with van der Waals surface area (Å²) in [5.74, 6) is -0.507. The number of carbonyl (C=O) groups is 1. The summed E-state index contributed by atoms with van der Waals surface area (Å²) in [6, 6.07) is 16.0. The van der Waals surface area contributed by atoms with Gasteiger partial charge >= 0.3 is 6.01 Å². The number of amides is 1. The Labute approximate surface area is 284 Å². The lowest BCUT2D eigenvalue weighted by atomic mass is 9.89. The smallest absolute Gasteiger partial charge is 0.319 e. The number of likely N-dealkylation sites (N-methyl/N-ethyl adjacent to an activating group) is 1. The van der Waals surface area contributed by atoms with Gasteiger partial charge in [0.2, 0.25) is 0 Å². The van der Waals surface area contributed by atoms with E-state index in [0.717, 1.165) is 65.1 Å². The second-order valence-electron chi connectivity index (χ2n) is 13.2. The first-order chi connectivity index (χ1) is 23.2. The van der Waals surface area contributed by atoms with Gasteiger partial charge in [0.15, 0.2) is 5.83 Å². The maximum absolute atomic E-state index is 14.0. The molecule has 2 fully saturated rings. The van der Waals surface area contributed by atoms with Gasteiger partial charge in [-0.25, -0.2) is 4.39 Å². The largest absolute Gasteiger partial charge is 0.492 e. The van der Waals surface area contributed by atoms with Crippen molar-refractivity contribution in [3.05, 3.63) is 65.5 Å². The topological polar surface area (TPSA) is 94.8 Å². The van der Waals surface area contributed by atoms with E-state index in [1.807, 2.05) is 23.1 Å². The second kappa shape index (κ2) is 12.9. The molecule has 3 aliphatic rings. The van der Waals surface area contributed by atoms with Crippen LogP contribution in [-0.4, -0.2) is 83.7 Å². The van der Waals surface area contributed by atoms with Crippen molar-refractivity contribution in [1.82, 2.24) is 19.8 Å². The number of fused-ring (bicyclic) bond motifs is 4. The number of piperazine rings is 1. The molecule has 0 bridgehead atoms. The zero-order chi connectivity index (χ0) is 33.6. The Kier molecular flexibility index (Phi) is 8.60. The van der Waals surface area contributed by atoms with E-state index >= 15 is 0 Å². The molecule has 1 amide bonds. The predicted molar refractivity (Wildman–Crippen MR) is 185 cm³/mol. The van der Waals surface area contributed by atoms with E-state index < -0.39 is 17.8 Å². The van der Waals surface area contributed by atoms with Crippen molar-refractivity contribution in [2.75, 3.05) is 51.3 Å². The van der Waals surface area contributed by atoms with Gasteiger partial charge in [-0.2, -0.15) is 15.2 Å². The molecule has 0 N–H and O–H groups in total. The van der Waals surface area contributed by atoms with Crippen LogP contribution in [0.5, 0.6) is 11.8 Å². The summed E-state index contributed by atoms with van der Waals surface area (Å²) in [6.07, 6.45) is 3.78. The van der Waals surface area contributed by atoms with Crippen LogP contribution < -0.4 is 14.4 Å². The Morgan fingerprint density at radius 3 is 2.73 bits per heavy atom. The first-order valence-corrected chi connectivity index (χ1v) is 16.9. The highest BCUT2D eigenvalue weighted by molar-refractivity contribution is 6.36. The Bertz CT molecular complexity index is 1980. The Balaban J connectivity index is 1.40. The lowest BCUT2D eigenvalue weighted by molar-refractivity contribution is -0.131. The molecule has 11 heteroatoms. The number of ether oxygens (including phenoxy) is 2. The van der Waals surface area contributed by atoms with Gasteiger partial charge in [0.25, 0.3) is 5.91 Å². The Morgan fingerprint density at radius 1 is 1.17 bits per heavy atom. The highest BCUT2D eigenvalue weighted by Gasteiger charge is 2.37. The van der Waals surface area contributed by atoms with Gasteiger partial charge in [-0.1, -0.05) is 48.5 Å². The van der Waals surface area contributed by atoms with E-state index in [1.54, 1.807) is 0 Å². The molecule has 0 aliphatic carbocycles. The lowest BCUT2D eigenvalue weighted by Crippen LogP contribution is -2.55. The van der Waals surface area contributed by atoms with Crippen molar-refractivity contribution < 1.29 is 18.7 Å². The third-order valence-electron chi connectivity index (χ3n) is 10.2. The third kappa shape index (κ3) is 5.69. The number of nitriles is 1. The van der Waals surface area contributed by atoms with Crippen LogP contribution in [0.4, 0.5) is 10.2 Å². The minimum atomic E-state index is -1.04. The van der Waals surface area contributed by atoms with Gasteiger partial charge < -0.3 is 19.3 Å². The third-order valence-corrected chi connectivity index (χ3v) is 10.5. The second-order valence-corrected chi connectivity index (χ2v) is 13.6. The fourth-order valence-corrected chi connectivity index (χ4v) is 7.74. The number of halogens is 2. The Hall–Kier alpha value is -4.46. The number of hydrogen-bond donors (Lipinski definition) is 0. The summed E-state index contributed by atoms with van der Waals surface area (Å²) in [6.45, 7) is 8.19. The molecule has 3 aliphatic heterocycles. The first-order valence-electron chi connectivity index (χ1n) is 16.5. The maximum Gasteiger partial charge on any atom is 0.319 e. The lowest BCUT2D eigenvalue weighted by Gasteiger charge is -2.41. The molecule has 2 atom stereocenters. The average molecular weight is 669 g/mol. The van der Waals surface area contributed by atoms with E-state index in [1.165, 1.54) is 4.90 Å². The van der Waals surface area contributed by atoms with Gasteiger partial charge in [0.05, 0.1) is 41.6 Å². The number of hydrogen-bond acceptors (Lipinski definition) is 8. The predicted octanol–water partition coefficient (Wildman–Crippen LogP) is 6.71. The standard InChI is InChI=1S/C37H38ClFN6O3/c1-23(39)35(46)45-18-17-44(21-25(45)13-15-40)34-32-30(41-36(42-34)48-22-37(2)14-7-16-43(37)3)20-28(27-11-6-19-47-33(27)32)26-10-4-8-24-9-5-12-29(38)31(24)26/h4-5,8-10,12,20,25H,1,6-7,11,13-14,16-19,21-22H2,2-3H3. The fraction of sp³-hybridized carbons (Fsp3) is 0.405. The fourth-order valence-electron chi connectivity index (χ4n) is 7.46. The molecule has 7 rings (SSSR count). The molecule has 9 nitrogen and oxygen atoms in total. The molecule has 48 heavy (non-hydrogen) atoms.